The molecular weight excluding hydrogens is 243 g/mol. The zero-order chi connectivity index (χ0) is 12.3. The molecule has 1 atom stereocenters. The van der Waals surface area contributed by atoms with Gasteiger partial charge >= 0.3 is 0 Å². The molecule has 0 spiro atoms. The van der Waals surface area contributed by atoms with E-state index in [1.165, 1.54) is 12.1 Å². The molecule has 1 rings (SSSR count). The van der Waals surface area contributed by atoms with Crippen LogP contribution in [0.25, 0.3) is 0 Å². The average Bonchev–Trinajstić information content (AvgIpc) is 2.22. The molecule has 3 N–H and O–H groups in total. The number of carbonyl (C=O) groups excluding carboxylic acids is 1. The van der Waals surface area contributed by atoms with Crippen molar-refractivity contribution in [2.24, 2.45) is 11.7 Å². The maximum Gasteiger partial charge on any atom is 0.241 e. The number of carbonyl (C=O) groups is 1. The van der Waals surface area contributed by atoms with E-state index in [9.17, 15) is 9.18 Å². The second-order valence-corrected chi connectivity index (χ2v) is 4.22. The predicted octanol–water partition coefficient (Wildman–Crippen LogP) is 2.48. The number of nitrogens with one attached hydrogen (secondary N) is 1. The van der Waals surface area contributed by atoms with Gasteiger partial charge in [-0.15, -0.1) is 12.4 Å². The van der Waals surface area contributed by atoms with Gasteiger partial charge in [-0.25, -0.2) is 4.39 Å². The molecule has 0 radical (unpaired) electrons. The highest BCUT2D eigenvalue weighted by molar-refractivity contribution is 5.95. The van der Waals surface area contributed by atoms with Crippen molar-refractivity contribution in [2.75, 3.05) is 5.32 Å². The summed E-state index contributed by atoms with van der Waals surface area (Å²) in [7, 11) is 0. The van der Waals surface area contributed by atoms with Gasteiger partial charge in [-0.2, -0.15) is 0 Å². The number of hydrogen-bond donors (Lipinski definition) is 2. The molecule has 0 aliphatic carbocycles. The van der Waals surface area contributed by atoms with E-state index in [4.69, 9.17) is 5.73 Å². The summed E-state index contributed by atoms with van der Waals surface area (Å²) >= 11 is 0. The van der Waals surface area contributed by atoms with Gasteiger partial charge in [-0.3, -0.25) is 4.79 Å². The molecule has 5 heteroatoms. The van der Waals surface area contributed by atoms with E-state index in [0.29, 0.717) is 5.69 Å². The number of amides is 1. The molecule has 1 aromatic rings. The first kappa shape index (κ1) is 15.9. The van der Waals surface area contributed by atoms with Crippen molar-refractivity contribution < 1.29 is 9.18 Å². The zero-order valence-electron chi connectivity index (χ0n) is 10.2. The number of anilines is 1. The van der Waals surface area contributed by atoms with Crippen LogP contribution in [0.3, 0.4) is 0 Å². The fourth-order valence-electron chi connectivity index (χ4n) is 1.25. The Labute approximate surface area is 107 Å². The highest BCUT2D eigenvalue weighted by Crippen LogP contribution is 2.16. The maximum atomic E-state index is 13.0. The molecule has 0 heterocycles. The van der Waals surface area contributed by atoms with E-state index in [1.807, 2.05) is 13.8 Å². The standard InChI is InChI=1S/C12H17FN2O.ClH/c1-7(2)11(14)12(16)15-10-6-9(13)5-4-8(10)3;/h4-7,11H,14H2,1-3H3,(H,15,16);1H/t11-;/m1./s1. The van der Waals surface area contributed by atoms with Gasteiger partial charge < -0.3 is 11.1 Å². The van der Waals surface area contributed by atoms with Crippen molar-refractivity contribution in [1.29, 1.82) is 0 Å². The van der Waals surface area contributed by atoms with Crippen molar-refractivity contribution >= 4 is 24.0 Å². The predicted molar refractivity (Wildman–Crippen MR) is 69.8 cm³/mol. The minimum Gasteiger partial charge on any atom is -0.324 e. The van der Waals surface area contributed by atoms with E-state index in [2.05, 4.69) is 5.32 Å². The van der Waals surface area contributed by atoms with Crippen molar-refractivity contribution in [2.45, 2.75) is 26.8 Å². The van der Waals surface area contributed by atoms with Crippen LogP contribution in [-0.2, 0) is 4.79 Å². The first-order chi connectivity index (χ1) is 7.41. The number of nitrogens with two attached hydrogens (primary N) is 1. The summed E-state index contributed by atoms with van der Waals surface area (Å²) in [5.41, 5.74) is 6.97. The molecule has 3 nitrogen and oxygen atoms in total. The Bertz CT molecular complexity index is 396. The summed E-state index contributed by atoms with van der Waals surface area (Å²) in [5, 5.41) is 2.63. The Hall–Kier alpha value is -1.13. The van der Waals surface area contributed by atoms with Crippen LogP contribution in [0.4, 0.5) is 10.1 Å². The minimum absolute atomic E-state index is 0. The summed E-state index contributed by atoms with van der Waals surface area (Å²) in [6.07, 6.45) is 0. The van der Waals surface area contributed by atoms with Gasteiger partial charge in [-0.1, -0.05) is 19.9 Å². The van der Waals surface area contributed by atoms with Crippen molar-refractivity contribution in [3.8, 4) is 0 Å². The van der Waals surface area contributed by atoms with Crippen LogP contribution < -0.4 is 11.1 Å². The first-order valence-corrected chi connectivity index (χ1v) is 5.24. The smallest absolute Gasteiger partial charge is 0.241 e. The highest BCUT2D eigenvalue weighted by atomic mass is 35.5. The molecule has 0 aliphatic rings. The number of hydrogen-bond acceptors (Lipinski definition) is 2. The summed E-state index contributed by atoms with van der Waals surface area (Å²) in [6, 6.07) is 3.68. The Morgan fingerprint density at radius 3 is 2.53 bits per heavy atom. The zero-order valence-corrected chi connectivity index (χ0v) is 11.0. The topological polar surface area (TPSA) is 55.1 Å². The highest BCUT2D eigenvalue weighted by Gasteiger charge is 2.17. The van der Waals surface area contributed by atoms with E-state index in [0.717, 1.165) is 5.56 Å². The molecule has 1 amide bonds. The van der Waals surface area contributed by atoms with Gasteiger partial charge in [-0.05, 0) is 30.5 Å². The lowest BCUT2D eigenvalue weighted by atomic mass is 10.0. The van der Waals surface area contributed by atoms with Gasteiger partial charge in [0.15, 0.2) is 0 Å². The van der Waals surface area contributed by atoms with Gasteiger partial charge in [0.25, 0.3) is 0 Å². The monoisotopic (exact) mass is 260 g/mol. The van der Waals surface area contributed by atoms with E-state index >= 15 is 0 Å². The molecule has 0 bridgehead atoms. The number of halogens is 2. The lowest BCUT2D eigenvalue weighted by Crippen LogP contribution is -2.39. The summed E-state index contributed by atoms with van der Waals surface area (Å²) in [4.78, 5) is 11.7. The lowest BCUT2D eigenvalue weighted by molar-refractivity contribution is -0.118. The van der Waals surface area contributed by atoms with E-state index in [1.54, 1.807) is 13.0 Å². The van der Waals surface area contributed by atoms with Crippen LogP contribution in [0.1, 0.15) is 19.4 Å². The SMILES string of the molecule is Cc1ccc(F)cc1NC(=O)[C@H](N)C(C)C.Cl. The quantitative estimate of drug-likeness (QED) is 0.877. The van der Waals surface area contributed by atoms with Gasteiger partial charge in [0.2, 0.25) is 5.91 Å². The number of aryl methyl sites for hydroxylation is 1. The van der Waals surface area contributed by atoms with Crippen LogP contribution in [0.5, 0.6) is 0 Å². The van der Waals surface area contributed by atoms with Crippen molar-refractivity contribution in [3.05, 3.63) is 29.6 Å². The normalized spacial score (nSPS) is 11.9. The first-order valence-electron chi connectivity index (χ1n) is 5.24. The average molecular weight is 261 g/mol. The van der Waals surface area contributed by atoms with Gasteiger partial charge in [0, 0.05) is 5.69 Å². The molecular formula is C12H18ClFN2O. The van der Waals surface area contributed by atoms with Crippen molar-refractivity contribution in [1.82, 2.24) is 0 Å². The molecule has 17 heavy (non-hydrogen) atoms. The lowest BCUT2D eigenvalue weighted by Gasteiger charge is -2.16. The van der Waals surface area contributed by atoms with Crippen LogP contribution in [0, 0.1) is 18.7 Å². The second kappa shape index (κ2) is 6.57. The Balaban J connectivity index is 0.00000256. The third-order valence-electron chi connectivity index (χ3n) is 2.48. The van der Waals surface area contributed by atoms with E-state index < -0.39 is 6.04 Å². The third kappa shape index (κ3) is 4.32. The molecule has 0 unspecified atom stereocenters. The van der Waals surface area contributed by atoms with Crippen LogP contribution in [0.2, 0.25) is 0 Å². The summed E-state index contributed by atoms with van der Waals surface area (Å²) in [5.74, 6) is -0.614. The Morgan fingerprint density at radius 2 is 2.00 bits per heavy atom. The third-order valence-corrected chi connectivity index (χ3v) is 2.48. The fraction of sp³-hybridized carbons (Fsp3) is 0.417. The molecule has 0 fully saturated rings. The van der Waals surface area contributed by atoms with Gasteiger partial charge in [0.05, 0.1) is 6.04 Å². The summed E-state index contributed by atoms with van der Waals surface area (Å²) in [6.45, 7) is 5.53. The van der Waals surface area contributed by atoms with Crippen LogP contribution in [-0.4, -0.2) is 11.9 Å². The van der Waals surface area contributed by atoms with Gasteiger partial charge in [0.1, 0.15) is 5.82 Å². The van der Waals surface area contributed by atoms with Crippen LogP contribution >= 0.6 is 12.4 Å². The number of benzene rings is 1. The fourth-order valence-corrected chi connectivity index (χ4v) is 1.25. The molecule has 0 saturated carbocycles. The van der Waals surface area contributed by atoms with Crippen molar-refractivity contribution in [3.63, 3.8) is 0 Å². The second-order valence-electron chi connectivity index (χ2n) is 4.22. The molecule has 0 saturated heterocycles. The molecule has 0 aliphatic heterocycles. The van der Waals surface area contributed by atoms with E-state index in [-0.39, 0.29) is 30.0 Å². The Kier molecular flexibility index (Phi) is 6.13. The van der Waals surface area contributed by atoms with Crippen LogP contribution in [0.15, 0.2) is 18.2 Å². The largest absolute Gasteiger partial charge is 0.324 e. The Morgan fingerprint density at radius 1 is 1.41 bits per heavy atom. The minimum atomic E-state index is -0.581. The molecule has 96 valence electrons. The number of rotatable bonds is 3. The molecule has 1 aromatic carbocycles. The molecule has 0 aromatic heterocycles. The maximum absolute atomic E-state index is 13.0. The summed E-state index contributed by atoms with van der Waals surface area (Å²) < 4.78 is 13.0.